The van der Waals surface area contributed by atoms with E-state index in [1.54, 1.807) is 11.9 Å². The van der Waals surface area contributed by atoms with Gasteiger partial charge in [-0.05, 0) is 19.3 Å². The summed E-state index contributed by atoms with van der Waals surface area (Å²) in [5.74, 6) is 0.173. The van der Waals surface area contributed by atoms with Gasteiger partial charge in [-0.15, -0.1) is 0 Å². The molecular weight excluding hydrogens is 244 g/mol. The van der Waals surface area contributed by atoms with Gasteiger partial charge in [-0.3, -0.25) is 4.79 Å². The lowest BCUT2D eigenvalue weighted by Gasteiger charge is -2.37. The number of amides is 1. The van der Waals surface area contributed by atoms with Gasteiger partial charge in [-0.25, -0.2) is 0 Å². The highest BCUT2D eigenvalue weighted by molar-refractivity contribution is 5.78. The molecule has 19 heavy (non-hydrogen) atoms. The third kappa shape index (κ3) is 3.91. The normalized spacial score (nSPS) is 30.9. The number of nitrogens with two attached hydrogens (primary N) is 1. The van der Waals surface area contributed by atoms with Gasteiger partial charge in [0, 0.05) is 51.6 Å². The zero-order chi connectivity index (χ0) is 13.9. The maximum Gasteiger partial charge on any atom is 0.225 e. The van der Waals surface area contributed by atoms with Crippen LogP contribution >= 0.6 is 0 Å². The summed E-state index contributed by atoms with van der Waals surface area (Å²) in [5.41, 5.74) is 5.16. The molecule has 5 heteroatoms. The van der Waals surface area contributed by atoms with Crippen molar-refractivity contribution < 1.29 is 14.6 Å². The summed E-state index contributed by atoms with van der Waals surface area (Å²) in [6.45, 7) is 1.56. The van der Waals surface area contributed by atoms with Gasteiger partial charge in [0.25, 0.3) is 0 Å². The molecule has 1 aliphatic heterocycles. The van der Waals surface area contributed by atoms with E-state index in [1.807, 2.05) is 0 Å². The lowest BCUT2D eigenvalue weighted by Crippen LogP contribution is -2.49. The highest BCUT2D eigenvalue weighted by atomic mass is 16.5. The Balaban J connectivity index is 1.87. The number of hydrogen-bond donors (Lipinski definition) is 2. The van der Waals surface area contributed by atoms with Gasteiger partial charge in [0.2, 0.25) is 5.91 Å². The average molecular weight is 270 g/mol. The Bertz CT molecular complexity index is 316. The van der Waals surface area contributed by atoms with Crippen molar-refractivity contribution in [3.05, 3.63) is 0 Å². The second-order valence-electron chi connectivity index (χ2n) is 6.15. The van der Waals surface area contributed by atoms with Crippen LogP contribution < -0.4 is 5.73 Å². The molecule has 0 aromatic rings. The van der Waals surface area contributed by atoms with Crippen LogP contribution in [0.3, 0.4) is 0 Å². The molecule has 1 saturated heterocycles. The second-order valence-corrected chi connectivity index (χ2v) is 6.15. The van der Waals surface area contributed by atoms with Crippen LogP contribution in [0.5, 0.6) is 0 Å². The first-order valence-electron chi connectivity index (χ1n) is 7.31. The Morgan fingerprint density at radius 2 is 2.11 bits per heavy atom. The quantitative estimate of drug-likeness (QED) is 0.783. The molecule has 1 heterocycles. The smallest absolute Gasteiger partial charge is 0.225 e. The van der Waals surface area contributed by atoms with E-state index in [2.05, 4.69) is 0 Å². The molecule has 2 unspecified atom stereocenters. The van der Waals surface area contributed by atoms with Gasteiger partial charge >= 0.3 is 0 Å². The van der Waals surface area contributed by atoms with E-state index in [0.717, 1.165) is 25.7 Å². The molecule has 0 radical (unpaired) electrons. The van der Waals surface area contributed by atoms with Crippen LogP contribution in [0.1, 0.15) is 38.5 Å². The fourth-order valence-corrected chi connectivity index (χ4v) is 3.19. The molecule has 2 atom stereocenters. The third-order valence-corrected chi connectivity index (χ3v) is 4.40. The Hall–Kier alpha value is -0.650. The molecule has 0 bridgehead atoms. The van der Waals surface area contributed by atoms with Crippen molar-refractivity contribution in [3.63, 3.8) is 0 Å². The maximum absolute atomic E-state index is 12.4. The predicted molar refractivity (Wildman–Crippen MR) is 72.6 cm³/mol. The highest BCUT2D eigenvalue weighted by Crippen LogP contribution is 2.26. The molecule has 0 spiro atoms. The van der Waals surface area contributed by atoms with E-state index in [0.29, 0.717) is 32.6 Å². The first-order chi connectivity index (χ1) is 9.00. The molecule has 2 rings (SSSR count). The number of nitrogens with zero attached hydrogens (tertiary/aromatic N) is 1. The van der Waals surface area contributed by atoms with E-state index in [1.165, 1.54) is 0 Å². The predicted octanol–water partition coefficient (Wildman–Crippen LogP) is 0.504. The van der Waals surface area contributed by atoms with Gasteiger partial charge in [0.15, 0.2) is 0 Å². The van der Waals surface area contributed by atoms with Crippen LogP contribution in [-0.2, 0) is 9.53 Å². The number of hydrogen-bond acceptors (Lipinski definition) is 4. The second kappa shape index (κ2) is 6.20. The molecule has 0 aromatic carbocycles. The Kier molecular flexibility index (Phi) is 4.81. The summed E-state index contributed by atoms with van der Waals surface area (Å²) in [7, 11) is 1.79. The molecule has 0 aromatic heterocycles. The highest BCUT2D eigenvalue weighted by Gasteiger charge is 2.34. The van der Waals surface area contributed by atoms with Gasteiger partial charge in [0.05, 0.1) is 5.60 Å². The molecule has 1 amide bonds. The van der Waals surface area contributed by atoms with Crippen molar-refractivity contribution in [3.8, 4) is 0 Å². The van der Waals surface area contributed by atoms with Crippen LogP contribution in [0.4, 0.5) is 0 Å². The molecular formula is C14H26N2O3. The number of ether oxygens (including phenoxy) is 1. The summed E-state index contributed by atoms with van der Waals surface area (Å²) in [5, 5.41) is 10.4. The first-order valence-corrected chi connectivity index (χ1v) is 7.31. The van der Waals surface area contributed by atoms with E-state index >= 15 is 0 Å². The van der Waals surface area contributed by atoms with E-state index in [9.17, 15) is 9.90 Å². The minimum Gasteiger partial charge on any atom is -0.388 e. The van der Waals surface area contributed by atoms with E-state index < -0.39 is 5.60 Å². The molecule has 3 N–H and O–H groups in total. The van der Waals surface area contributed by atoms with Crippen molar-refractivity contribution in [2.45, 2.75) is 50.2 Å². The SMILES string of the molecule is CN(CC1(O)CCOCC1)C(=O)C1CCCC(N)C1. The third-order valence-electron chi connectivity index (χ3n) is 4.40. The summed E-state index contributed by atoms with van der Waals surface area (Å²) in [6, 6.07) is 0.155. The van der Waals surface area contributed by atoms with Crippen molar-refractivity contribution in [2.75, 3.05) is 26.8 Å². The van der Waals surface area contributed by atoms with Crippen LogP contribution in [0.2, 0.25) is 0 Å². The number of carbonyl (C=O) groups excluding carboxylic acids is 1. The largest absolute Gasteiger partial charge is 0.388 e. The lowest BCUT2D eigenvalue weighted by atomic mass is 9.85. The summed E-state index contributed by atoms with van der Waals surface area (Å²) in [4.78, 5) is 14.1. The van der Waals surface area contributed by atoms with Crippen molar-refractivity contribution >= 4 is 5.91 Å². The average Bonchev–Trinajstić information content (AvgIpc) is 2.38. The van der Waals surface area contributed by atoms with Crippen LogP contribution in [0, 0.1) is 5.92 Å². The van der Waals surface area contributed by atoms with Gasteiger partial charge in [-0.2, -0.15) is 0 Å². The van der Waals surface area contributed by atoms with Crippen molar-refractivity contribution in [1.29, 1.82) is 0 Å². The van der Waals surface area contributed by atoms with Crippen LogP contribution in [-0.4, -0.2) is 54.4 Å². The number of aliphatic hydroxyl groups is 1. The van der Waals surface area contributed by atoms with Crippen molar-refractivity contribution in [2.24, 2.45) is 11.7 Å². The Morgan fingerprint density at radius 1 is 1.42 bits per heavy atom. The van der Waals surface area contributed by atoms with Crippen LogP contribution in [0.25, 0.3) is 0 Å². The van der Waals surface area contributed by atoms with Gasteiger partial charge in [0.1, 0.15) is 0 Å². The maximum atomic E-state index is 12.4. The zero-order valence-corrected chi connectivity index (χ0v) is 11.8. The monoisotopic (exact) mass is 270 g/mol. The molecule has 1 aliphatic carbocycles. The van der Waals surface area contributed by atoms with Crippen molar-refractivity contribution in [1.82, 2.24) is 4.90 Å². The number of rotatable bonds is 3. The topological polar surface area (TPSA) is 75.8 Å². The number of likely N-dealkylation sites (N-methyl/N-ethyl adjacent to an activating group) is 1. The van der Waals surface area contributed by atoms with E-state index in [4.69, 9.17) is 10.5 Å². The fraction of sp³-hybridized carbons (Fsp3) is 0.929. The standard InChI is InChI=1S/C14H26N2O3/c1-16(10-14(18)5-7-19-8-6-14)13(17)11-3-2-4-12(15)9-11/h11-12,18H,2-10,15H2,1H3. The summed E-state index contributed by atoms with van der Waals surface area (Å²) >= 11 is 0. The molecule has 5 nitrogen and oxygen atoms in total. The molecule has 2 fully saturated rings. The minimum absolute atomic E-state index is 0.0391. The minimum atomic E-state index is -0.778. The van der Waals surface area contributed by atoms with Crippen LogP contribution in [0.15, 0.2) is 0 Å². The molecule has 110 valence electrons. The van der Waals surface area contributed by atoms with Gasteiger partial charge in [-0.1, -0.05) is 6.42 Å². The van der Waals surface area contributed by atoms with E-state index in [-0.39, 0.29) is 17.9 Å². The van der Waals surface area contributed by atoms with Gasteiger partial charge < -0.3 is 20.5 Å². The Labute approximate surface area is 115 Å². The number of carbonyl (C=O) groups is 1. The zero-order valence-electron chi connectivity index (χ0n) is 11.8. The first kappa shape index (κ1) is 14.8. The molecule has 1 saturated carbocycles. The summed E-state index contributed by atoms with van der Waals surface area (Å²) in [6.07, 6.45) is 4.98. The molecule has 2 aliphatic rings. The summed E-state index contributed by atoms with van der Waals surface area (Å²) < 4.78 is 5.26. The fourth-order valence-electron chi connectivity index (χ4n) is 3.19. The Morgan fingerprint density at radius 3 is 2.74 bits per heavy atom. The lowest BCUT2D eigenvalue weighted by molar-refractivity contribution is -0.142.